The van der Waals surface area contributed by atoms with Gasteiger partial charge in [-0.15, -0.1) is 0 Å². The fourth-order valence-corrected chi connectivity index (χ4v) is 4.19. The molecule has 0 amide bonds. The number of piperidine rings is 1. The van der Waals surface area contributed by atoms with Crippen LogP contribution in [0.3, 0.4) is 0 Å². The molecular weight excluding hydrogens is 254 g/mol. The van der Waals surface area contributed by atoms with Crippen molar-refractivity contribution in [2.75, 3.05) is 13.1 Å². The third-order valence-corrected chi connectivity index (χ3v) is 5.87. The Balaban J connectivity index is 2.52. The Morgan fingerprint density at radius 3 is 2.22 bits per heavy atom. The molecule has 18 heavy (non-hydrogen) atoms. The molecule has 2 N–H and O–H groups in total. The van der Waals surface area contributed by atoms with Crippen molar-refractivity contribution < 1.29 is 18.3 Å². The fourth-order valence-electron chi connectivity index (χ4n) is 2.25. The van der Waals surface area contributed by atoms with Gasteiger partial charge in [0.1, 0.15) is 0 Å². The number of rotatable bonds is 3. The molecule has 0 bridgehead atoms. The molecule has 0 unspecified atom stereocenters. The smallest absolute Gasteiger partial charge is 0.325 e. The molecule has 1 aromatic rings. The molecule has 6 heteroatoms. The van der Waals surface area contributed by atoms with Gasteiger partial charge >= 0.3 is 5.97 Å². The average molecular weight is 269 g/mol. The third kappa shape index (κ3) is 1.91. The summed E-state index contributed by atoms with van der Waals surface area (Å²) < 4.78 is 23.4. The summed E-state index contributed by atoms with van der Waals surface area (Å²) in [5, 5.41) is 12.4. The van der Waals surface area contributed by atoms with Gasteiger partial charge in [-0.05, 0) is 38.1 Å². The molecule has 0 saturated carbocycles. The van der Waals surface area contributed by atoms with Gasteiger partial charge in [0.05, 0.1) is 4.90 Å². The second-order valence-electron chi connectivity index (χ2n) is 4.37. The lowest BCUT2D eigenvalue weighted by atomic mass is 9.97. The predicted octanol–water partition coefficient (Wildman–Crippen LogP) is 0.667. The van der Waals surface area contributed by atoms with Crippen molar-refractivity contribution in [3.63, 3.8) is 0 Å². The summed E-state index contributed by atoms with van der Waals surface area (Å²) in [6.07, 6.45) is 0.194. The van der Waals surface area contributed by atoms with Crippen LogP contribution in [0, 0.1) is 0 Å². The topological polar surface area (TPSA) is 83.5 Å². The number of benzene rings is 1. The van der Waals surface area contributed by atoms with Crippen LogP contribution in [0.1, 0.15) is 12.8 Å². The number of carbonyl (C=O) groups is 1. The predicted molar refractivity (Wildman–Crippen MR) is 66.1 cm³/mol. The van der Waals surface area contributed by atoms with Gasteiger partial charge in [0.15, 0.2) is 14.6 Å². The molecule has 98 valence electrons. The van der Waals surface area contributed by atoms with Crippen LogP contribution in [0.5, 0.6) is 0 Å². The van der Waals surface area contributed by atoms with Gasteiger partial charge in [0.25, 0.3) is 0 Å². The normalized spacial score (nSPS) is 19.3. The minimum Gasteiger partial charge on any atom is -0.480 e. The highest BCUT2D eigenvalue weighted by atomic mass is 32.2. The molecule has 1 aromatic carbocycles. The van der Waals surface area contributed by atoms with Gasteiger partial charge in [-0.3, -0.25) is 4.79 Å². The van der Waals surface area contributed by atoms with Crippen LogP contribution in [-0.2, 0) is 14.6 Å². The lowest BCUT2D eigenvalue weighted by Gasteiger charge is -2.32. The van der Waals surface area contributed by atoms with Crippen molar-refractivity contribution in [1.29, 1.82) is 0 Å². The Hall–Kier alpha value is -1.40. The maximum atomic E-state index is 12.5. The Bertz CT molecular complexity index is 532. The molecule has 1 fully saturated rings. The molecule has 1 saturated heterocycles. The molecule has 1 aliphatic heterocycles. The van der Waals surface area contributed by atoms with Gasteiger partial charge in [-0.2, -0.15) is 0 Å². The summed E-state index contributed by atoms with van der Waals surface area (Å²) in [6, 6.07) is 7.80. The average Bonchev–Trinajstić information content (AvgIpc) is 2.40. The van der Waals surface area contributed by atoms with Crippen molar-refractivity contribution in [2.45, 2.75) is 22.5 Å². The summed E-state index contributed by atoms with van der Waals surface area (Å²) in [5.41, 5.74) is 0. The van der Waals surface area contributed by atoms with Crippen molar-refractivity contribution in [3.8, 4) is 0 Å². The second kappa shape index (κ2) is 4.70. The lowest BCUT2D eigenvalue weighted by molar-refractivity contribution is -0.140. The first kappa shape index (κ1) is 13.0. The fraction of sp³-hybridized carbons (Fsp3) is 0.417. The number of nitrogens with one attached hydrogen (secondary N) is 1. The first-order chi connectivity index (χ1) is 8.51. The molecule has 0 spiro atoms. The summed E-state index contributed by atoms with van der Waals surface area (Å²) in [5.74, 6) is -1.26. The molecule has 5 nitrogen and oxygen atoms in total. The molecule has 0 radical (unpaired) electrons. The zero-order valence-corrected chi connectivity index (χ0v) is 10.6. The molecular formula is C12H15NO4S. The van der Waals surface area contributed by atoms with Gasteiger partial charge in [-0.25, -0.2) is 8.42 Å². The van der Waals surface area contributed by atoms with Crippen molar-refractivity contribution in [2.24, 2.45) is 0 Å². The van der Waals surface area contributed by atoms with Crippen molar-refractivity contribution in [3.05, 3.63) is 30.3 Å². The van der Waals surface area contributed by atoms with E-state index >= 15 is 0 Å². The first-order valence-electron chi connectivity index (χ1n) is 5.74. The maximum Gasteiger partial charge on any atom is 0.325 e. The van der Waals surface area contributed by atoms with E-state index in [4.69, 9.17) is 0 Å². The highest BCUT2D eigenvalue weighted by Crippen LogP contribution is 2.33. The van der Waals surface area contributed by atoms with E-state index in [-0.39, 0.29) is 17.7 Å². The van der Waals surface area contributed by atoms with E-state index in [0.29, 0.717) is 13.1 Å². The number of hydrogen-bond acceptors (Lipinski definition) is 4. The van der Waals surface area contributed by atoms with Crippen LogP contribution in [0.25, 0.3) is 0 Å². The Kier molecular flexibility index (Phi) is 3.41. The highest BCUT2D eigenvalue weighted by Gasteiger charge is 2.52. The van der Waals surface area contributed by atoms with Crippen LogP contribution in [-0.4, -0.2) is 37.3 Å². The Labute approximate surface area is 106 Å². The van der Waals surface area contributed by atoms with Gasteiger partial charge < -0.3 is 10.4 Å². The van der Waals surface area contributed by atoms with E-state index in [1.165, 1.54) is 12.1 Å². The van der Waals surface area contributed by atoms with Gasteiger partial charge in [0, 0.05) is 0 Å². The molecule has 1 aliphatic rings. The third-order valence-electron chi connectivity index (χ3n) is 3.37. The molecule has 0 aromatic heterocycles. The number of carboxylic acids is 1. The molecule has 0 aliphatic carbocycles. The summed E-state index contributed by atoms with van der Waals surface area (Å²) in [4.78, 5) is 11.6. The second-order valence-corrected chi connectivity index (χ2v) is 6.63. The number of carboxylic acid groups (broad SMARTS) is 1. The minimum absolute atomic E-state index is 0.0781. The molecule has 2 rings (SSSR count). The quantitative estimate of drug-likeness (QED) is 0.842. The Morgan fingerprint density at radius 1 is 1.17 bits per heavy atom. The summed E-state index contributed by atoms with van der Waals surface area (Å²) in [7, 11) is -3.86. The van der Waals surface area contributed by atoms with E-state index in [9.17, 15) is 18.3 Å². The maximum absolute atomic E-state index is 12.5. The van der Waals surface area contributed by atoms with Gasteiger partial charge in [0.2, 0.25) is 0 Å². The van der Waals surface area contributed by atoms with E-state index in [1.807, 2.05) is 0 Å². The van der Waals surface area contributed by atoms with Crippen molar-refractivity contribution >= 4 is 15.8 Å². The monoisotopic (exact) mass is 269 g/mol. The largest absolute Gasteiger partial charge is 0.480 e. The van der Waals surface area contributed by atoms with E-state index in [2.05, 4.69) is 5.32 Å². The molecule has 1 heterocycles. The van der Waals surface area contributed by atoms with E-state index < -0.39 is 20.6 Å². The number of hydrogen-bond donors (Lipinski definition) is 2. The van der Waals surface area contributed by atoms with Crippen molar-refractivity contribution in [1.82, 2.24) is 5.32 Å². The minimum atomic E-state index is -3.86. The van der Waals surface area contributed by atoms with Crippen LogP contribution in [0.4, 0.5) is 0 Å². The molecule has 0 atom stereocenters. The zero-order valence-electron chi connectivity index (χ0n) is 9.80. The first-order valence-corrected chi connectivity index (χ1v) is 7.23. The summed E-state index contributed by atoms with van der Waals surface area (Å²) in [6.45, 7) is 0.802. The van der Waals surface area contributed by atoms with Crippen LogP contribution < -0.4 is 5.32 Å². The standard InChI is InChI=1S/C12H15NO4S/c14-11(15)12(6-8-13-9-7-12)18(16,17)10-4-2-1-3-5-10/h1-5,13H,6-9H2,(H,14,15). The van der Waals surface area contributed by atoms with Gasteiger partial charge in [-0.1, -0.05) is 18.2 Å². The number of aliphatic carboxylic acids is 1. The van der Waals surface area contributed by atoms with E-state index in [1.54, 1.807) is 18.2 Å². The van der Waals surface area contributed by atoms with Crippen LogP contribution >= 0.6 is 0 Å². The lowest BCUT2D eigenvalue weighted by Crippen LogP contribution is -2.53. The SMILES string of the molecule is O=C(O)C1(S(=O)(=O)c2ccccc2)CCNCC1. The Morgan fingerprint density at radius 2 is 1.72 bits per heavy atom. The van der Waals surface area contributed by atoms with Crippen LogP contribution in [0.15, 0.2) is 35.2 Å². The van der Waals surface area contributed by atoms with E-state index in [0.717, 1.165) is 0 Å². The zero-order chi connectivity index (χ0) is 13.2. The van der Waals surface area contributed by atoms with Crippen LogP contribution in [0.2, 0.25) is 0 Å². The highest BCUT2D eigenvalue weighted by molar-refractivity contribution is 7.93. The number of sulfone groups is 1. The summed E-state index contributed by atoms with van der Waals surface area (Å²) >= 11 is 0.